The molecule has 27 heavy (non-hydrogen) atoms. The number of fused-ring (bicyclic) bond motifs is 1. The molecule has 0 unspecified atom stereocenters. The highest BCUT2D eigenvalue weighted by Crippen LogP contribution is 2.22. The summed E-state index contributed by atoms with van der Waals surface area (Å²) in [4.78, 5) is 40.3. The van der Waals surface area contributed by atoms with E-state index in [4.69, 9.17) is 4.74 Å². The molecule has 0 spiro atoms. The fourth-order valence-electron chi connectivity index (χ4n) is 2.76. The first-order chi connectivity index (χ1) is 12.8. The molecule has 0 aliphatic rings. The Morgan fingerprint density at radius 2 is 1.85 bits per heavy atom. The molecule has 0 saturated carbocycles. The lowest BCUT2D eigenvalue weighted by atomic mass is 10.3. The first-order valence-electron chi connectivity index (χ1n) is 8.21. The van der Waals surface area contributed by atoms with E-state index in [2.05, 4.69) is 10.3 Å². The lowest BCUT2D eigenvalue weighted by Gasteiger charge is -2.09. The van der Waals surface area contributed by atoms with Gasteiger partial charge >= 0.3 is 11.7 Å². The van der Waals surface area contributed by atoms with Crippen LogP contribution in [0.5, 0.6) is 5.75 Å². The molecular formula is C17H19N5O5. The molecule has 0 atom stereocenters. The average Bonchev–Trinajstić information content (AvgIpc) is 2.97. The Hall–Kier alpha value is -3.56. The molecule has 0 bridgehead atoms. The summed E-state index contributed by atoms with van der Waals surface area (Å²) in [7, 11) is 2.81. The molecule has 2 heterocycles. The third kappa shape index (κ3) is 3.28. The van der Waals surface area contributed by atoms with Gasteiger partial charge in [-0.1, -0.05) is 0 Å². The highest BCUT2D eigenvalue weighted by Gasteiger charge is 2.20. The number of rotatable bonds is 6. The van der Waals surface area contributed by atoms with Crippen LogP contribution in [-0.2, 0) is 25.4 Å². The van der Waals surface area contributed by atoms with Crippen molar-refractivity contribution in [3.05, 3.63) is 45.1 Å². The predicted molar refractivity (Wildman–Crippen MR) is 98.7 cm³/mol. The average molecular weight is 373 g/mol. The Morgan fingerprint density at radius 1 is 1.19 bits per heavy atom. The zero-order chi connectivity index (χ0) is 19.7. The molecular weight excluding hydrogens is 354 g/mol. The third-order valence-corrected chi connectivity index (χ3v) is 4.06. The summed E-state index contributed by atoms with van der Waals surface area (Å²) < 4.78 is 8.76. The molecule has 10 nitrogen and oxygen atoms in total. The van der Waals surface area contributed by atoms with Crippen LogP contribution in [0.4, 0.5) is 11.6 Å². The van der Waals surface area contributed by atoms with E-state index in [1.54, 1.807) is 24.3 Å². The molecule has 10 heteroatoms. The molecule has 2 N–H and O–H groups in total. The maximum absolute atomic E-state index is 12.5. The minimum absolute atomic E-state index is 0.0374. The summed E-state index contributed by atoms with van der Waals surface area (Å²) in [6.45, 7) is 1.94. The number of nitrogens with zero attached hydrogens (tertiary/aromatic N) is 4. The number of nitrogens with one attached hydrogen (secondary N) is 1. The number of carboxylic acid groups (broad SMARTS) is 1. The van der Waals surface area contributed by atoms with Gasteiger partial charge in [0.25, 0.3) is 5.56 Å². The van der Waals surface area contributed by atoms with E-state index < -0.39 is 23.8 Å². The van der Waals surface area contributed by atoms with Crippen molar-refractivity contribution in [1.82, 2.24) is 18.7 Å². The van der Waals surface area contributed by atoms with Crippen molar-refractivity contribution >= 4 is 28.8 Å². The SMILES string of the molecule is CCOc1ccc(Nc2nc3c(c(=O)n(C)c(=O)n3C)n2CC(=O)O)cc1. The van der Waals surface area contributed by atoms with Crippen LogP contribution < -0.4 is 21.3 Å². The summed E-state index contributed by atoms with van der Waals surface area (Å²) in [5, 5.41) is 12.2. The molecule has 0 radical (unpaired) electrons. The lowest BCUT2D eigenvalue weighted by Crippen LogP contribution is -2.37. The van der Waals surface area contributed by atoms with E-state index in [-0.39, 0.29) is 17.1 Å². The normalized spacial score (nSPS) is 10.9. The topological polar surface area (TPSA) is 120 Å². The summed E-state index contributed by atoms with van der Waals surface area (Å²) in [5.41, 5.74) is -0.378. The number of hydrogen-bond acceptors (Lipinski definition) is 6. The number of hydrogen-bond donors (Lipinski definition) is 2. The Kier molecular flexibility index (Phi) is 4.72. The number of aryl methyl sites for hydroxylation is 1. The predicted octanol–water partition coefficient (Wildman–Crippen LogP) is 0.661. The fraction of sp³-hybridized carbons (Fsp3) is 0.294. The second kappa shape index (κ2) is 6.98. The number of carboxylic acids is 1. The van der Waals surface area contributed by atoms with Crippen molar-refractivity contribution < 1.29 is 14.6 Å². The number of carbonyl (C=O) groups is 1. The minimum Gasteiger partial charge on any atom is -0.494 e. The van der Waals surface area contributed by atoms with Gasteiger partial charge < -0.3 is 15.2 Å². The van der Waals surface area contributed by atoms with Crippen LogP contribution in [0.15, 0.2) is 33.9 Å². The van der Waals surface area contributed by atoms with Gasteiger partial charge in [0.15, 0.2) is 11.2 Å². The fourth-order valence-corrected chi connectivity index (χ4v) is 2.76. The lowest BCUT2D eigenvalue weighted by molar-refractivity contribution is -0.137. The van der Waals surface area contributed by atoms with Gasteiger partial charge in [-0.25, -0.2) is 4.79 Å². The molecule has 142 valence electrons. The van der Waals surface area contributed by atoms with E-state index in [9.17, 15) is 19.5 Å². The number of aromatic nitrogens is 4. The van der Waals surface area contributed by atoms with E-state index in [0.29, 0.717) is 18.0 Å². The van der Waals surface area contributed by atoms with Gasteiger partial charge in [-0.15, -0.1) is 0 Å². The molecule has 0 saturated heterocycles. The number of anilines is 2. The van der Waals surface area contributed by atoms with Crippen molar-refractivity contribution in [2.24, 2.45) is 14.1 Å². The smallest absolute Gasteiger partial charge is 0.332 e. The van der Waals surface area contributed by atoms with Gasteiger partial charge in [-0.05, 0) is 31.2 Å². The highest BCUT2D eigenvalue weighted by atomic mass is 16.5. The van der Waals surface area contributed by atoms with Gasteiger partial charge in [-0.2, -0.15) is 4.98 Å². The molecule has 2 aromatic heterocycles. The molecule has 0 amide bonds. The standard InChI is InChI=1S/C17H19N5O5/c1-4-27-11-7-5-10(6-8-11)18-16-19-14-13(22(16)9-12(23)24)15(25)21(3)17(26)20(14)2/h5-8H,4,9H2,1-3H3,(H,18,19)(H,23,24). The van der Waals surface area contributed by atoms with Gasteiger partial charge in [-0.3, -0.25) is 23.3 Å². The van der Waals surface area contributed by atoms with Crippen molar-refractivity contribution in [3.63, 3.8) is 0 Å². The number of imidazole rings is 1. The number of benzene rings is 1. The van der Waals surface area contributed by atoms with Crippen molar-refractivity contribution in [2.45, 2.75) is 13.5 Å². The van der Waals surface area contributed by atoms with Crippen LogP contribution in [0.3, 0.4) is 0 Å². The monoisotopic (exact) mass is 373 g/mol. The maximum Gasteiger partial charge on any atom is 0.332 e. The second-order valence-electron chi connectivity index (χ2n) is 5.88. The van der Waals surface area contributed by atoms with E-state index in [1.165, 1.54) is 23.2 Å². The molecule has 0 fully saturated rings. The van der Waals surface area contributed by atoms with Crippen molar-refractivity contribution in [2.75, 3.05) is 11.9 Å². The van der Waals surface area contributed by atoms with Crippen LogP contribution in [-0.4, -0.2) is 36.4 Å². The van der Waals surface area contributed by atoms with Crippen molar-refractivity contribution in [1.29, 1.82) is 0 Å². The molecule has 3 aromatic rings. The van der Waals surface area contributed by atoms with Crippen LogP contribution in [0.25, 0.3) is 11.2 Å². The van der Waals surface area contributed by atoms with Crippen molar-refractivity contribution in [3.8, 4) is 5.75 Å². The minimum atomic E-state index is -1.14. The zero-order valence-electron chi connectivity index (χ0n) is 15.1. The van der Waals surface area contributed by atoms with Crippen LogP contribution in [0.1, 0.15) is 6.92 Å². The number of aliphatic carboxylic acids is 1. The molecule has 1 aromatic carbocycles. The van der Waals surface area contributed by atoms with Crippen LogP contribution >= 0.6 is 0 Å². The second-order valence-corrected chi connectivity index (χ2v) is 5.88. The Balaban J connectivity index is 2.15. The highest BCUT2D eigenvalue weighted by molar-refractivity contribution is 5.79. The van der Waals surface area contributed by atoms with Gasteiger partial charge in [0.2, 0.25) is 5.95 Å². The maximum atomic E-state index is 12.5. The van der Waals surface area contributed by atoms with Gasteiger partial charge in [0, 0.05) is 19.8 Å². The summed E-state index contributed by atoms with van der Waals surface area (Å²) in [6.07, 6.45) is 0. The zero-order valence-corrected chi connectivity index (χ0v) is 15.1. The Labute approximate surface area is 153 Å². The van der Waals surface area contributed by atoms with E-state index in [0.717, 1.165) is 4.57 Å². The van der Waals surface area contributed by atoms with E-state index >= 15 is 0 Å². The Bertz CT molecular complexity index is 1120. The summed E-state index contributed by atoms with van der Waals surface area (Å²) in [5.74, 6) is -0.298. The van der Waals surface area contributed by atoms with Crippen LogP contribution in [0, 0.1) is 0 Å². The molecule has 3 rings (SSSR count). The van der Waals surface area contributed by atoms with Crippen LogP contribution in [0.2, 0.25) is 0 Å². The molecule has 0 aliphatic carbocycles. The number of ether oxygens (including phenoxy) is 1. The Morgan fingerprint density at radius 3 is 2.44 bits per heavy atom. The van der Waals surface area contributed by atoms with E-state index in [1.807, 2.05) is 6.92 Å². The van der Waals surface area contributed by atoms with Gasteiger partial charge in [0.1, 0.15) is 12.3 Å². The molecule has 0 aliphatic heterocycles. The van der Waals surface area contributed by atoms with Gasteiger partial charge in [0.05, 0.1) is 6.61 Å². The summed E-state index contributed by atoms with van der Waals surface area (Å²) >= 11 is 0. The quantitative estimate of drug-likeness (QED) is 0.651. The largest absolute Gasteiger partial charge is 0.494 e. The first kappa shape index (κ1) is 18.2. The third-order valence-electron chi connectivity index (χ3n) is 4.06. The summed E-state index contributed by atoms with van der Waals surface area (Å²) in [6, 6.07) is 6.99. The first-order valence-corrected chi connectivity index (χ1v) is 8.21.